The number of likely N-dealkylation sites (N-methyl/N-ethyl adjacent to an activating group) is 1. The van der Waals surface area contributed by atoms with Crippen molar-refractivity contribution < 1.29 is 13.9 Å². The van der Waals surface area contributed by atoms with Crippen LogP contribution in [0.2, 0.25) is 0 Å². The highest BCUT2D eigenvalue weighted by molar-refractivity contribution is 5.98. The van der Waals surface area contributed by atoms with Gasteiger partial charge in [-0.3, -0.25) is 9.59 Å². The molecule has 1 aliphatic rings. The van der Waals surface area contributed by atoms with Crippen LogP contribution in [0.25, 0.3) is 21.7 Å². The zero-order chi connectivity index (χ0) is 21.7. The molecule has 154 valence electrons. The molecule has 0 aliphatic carbocycles. The molecule has 1 amide bonds. The lowest BCUT2D eigenvalue weighted by Gasteiger charge is -2.33. The zero-order valence-corrected chi connectivity index (χ0v) is 16.5. The first kappa shape index (κ1) is 19.0. The van der Waals surface area contributed by atoms with Gasteiger partial charge in [-0.1, -0.05) is 6.07 Å². The molecule has 0 radical (unpaired) electrons. The molecule has 0 spiro atoms. The second-order valence-corrected chi connectivity index (χ2v) is 7.58. The fraction of sp³-hybridized carbons (Fsp3) is 0.174. The van der Waals surface area contributed by atoms with Gasteiger partial charge in [0.05, 0.1) is 36.3 Å². The van der Waals surface area contributed by atoms with Crippen molar-refractivity contribution in [2.45, 2.75) is 12.6 Å². The number of nitrogens with one attached hydrogen (secondary N) is 2. The number of carbonyl (C=O) groups excluding carboxylic acids is 1. The van der Waals surface area contributed by atoms with E-state index in [1.165, 1.54) is 12.1 Å². The minimum atomic E-state index is -0.499. The number of carbonyl (C=O) groups is 1. The largest absolute Gasteiger partial charge is 0.373 e. The maximum atomic E-state index is 13.7. The third-order valence-corrected chi connectivity index (χ3v) is 5.73. The summed E-state index contributed by atoms with van der Waals surface area (Å²) in [4.78, 5) is 33.1. The average Bonchev–Trinajstić information content (AvgIpc) is 3.21. The Kier molecular flexibility index (Phi) is 4.34. The van der Waals surface area contributed by atoms with Crippen LogP contribution in [0.3, 0.4) is 0 Å². The number of hydrogen-bond donors (Lipinski definition) is 2. The van der Waals surface area contributed by atoms with Crippen LogP contribution >= 0.6 is 0 Å². The van der Waals surface area contributed by atoms with Gasteiger partial charge >= 0.3 is 0 Å². The van der Waals surface area contributed by atoms with Crippen LogP contribution in [0.5, 0.6) is 0 Å². The van der Waals surface area contributed by atoms with E-state index in [1.807, 2.05) is 0 Å². The quantitative estimate of drug-likeness (QED) is 0.523. The Hall–Kier alpha value is -3.96. The highest BCUT2D eigenvalue weighted by Crippen LogP contribution is 2.33. The number of pyridine rings is 1. The summed E-state index contributed by atoms with van der Waals surface area (Å²) in [5, 5.41) is 10.7. The number of H-pyrrole nitrogens is 2. The average molecular weight is 416 g/mol. The van der Waals surface area contributed by atoms with Crippen molar-refractivity contribution in [1.82, 2.24) is 14.9 Å². The molecule has 0 unspecified atom stereocenters. The number of benzene rings is 2. The van der Waals surface area contributed by atoms with Crippen LogP contribution in [-0.2, 0) is 11.3 Å². The summed E-state index contributed by atoms with van der Waals surface area (Å²) < 4.78 is 19.4. The van der Waals surface area contributed by atoms with Gasteiger partial charge < -0.3 is 19.6 Å². The molecule has 2 N–H and O–H groups in total. The summed E-state index contributed by atoms with van der Waals surface area (Å²) in [6, 6.07) is 12.6. The Bertz CT molecular complexity index is 1460. The lowest BCUT2D eigenvalue weighted by atomic mass is 9.95. The van der Waals surface area contributed by atoms with E-state index in [0.29, 0.717) is 22.3 Å². The number of rotatable bonds is 2. The maximum absolute atomic E-state index is 13.7. The number of fused-ring (bicyclic) bond motifs is 4. The molecule has 2 aromatic heterocycles. The van der Waals surface area contributed by atoms with Crippen molar-refractivity contribution in [2.75, 3.05) is 13.7 Å². The van der Waals surface area contributed by atoms with Crippen molar-refractivity contribution in [3.8, 4) is 6.07 Å². The molecular weight excluding hydrogens is 399 g/mol. The van der Waals surface area contributed by atoms with Crippen LogP contribution in [0, 0.1) is 17.1 Å². The van der Waals surface area contributed by atoms with E-state index in [1.54, 1.807) is 42.3 Å². The summed E-state index contributed by atoms with van der Waals surface area (Å²) in [5.41, 5.74) is 2.57. The molecule has 0 bridgehead atoms. The number of halogens is 1. The van der Waals surface area contributed by atoms with Crippen molar-refractivity contribution >= 4 is 27.6 Å². The van der Waals surface area contributed by atoms with Gasteiger partial charge in [0, 0.05) is 29.2 Å². The molecule has 3 heterocycles. The van der Waals surface area contributed by atoms with Gasteiger partial charge in [-0.25, -0.2) is 4.39 Å². The number of amides is 1. The van der Waals surface area contributed by atoms with Gasteiger partial charge in [0.2, 0.25) is 0 Å². The van der Waals surface area contributed by atoms with Crippen molar-refractivity contribution in [3.63, 3.8) is 0 Å². The molecule has 5 rings (SSSR count). The third kappa shape index (κ3) is 3.07. The second kappa shape index (κ2) is 7.07. The minimum absolute atomic E-state index is 0.208. The molecular formula is C23H17FN4O3. The summed E-state index contributed by atoms with van der Waals surface area (Å²) in [5.74, 6) is -0.765. The predicted molar refractivity (Wildman–Crippen MR) is 112 cm³/mol. The van der Waals surface area contributed by atoms with E-state index >= 15 is 0 Å². The number of nitrogens with zero attached hydrogens (tertiary/aromatic N) is 2. The molecule has 1 atom stereocenters. The van der Waals surface area contributed by atoms with Crippen molar-refractivity contribution in [1.29, 1.82) is 5.26 Å². The number of aromatic nitrogens is 2. The highest BCUT2D eigenvalue weighted by Gasteiger charge is 2.31. The smallest absolute Gasteiger partial charge is 0.270 e. The molecule has 0 saturated heterocycles. The Labute approximate surface area is 175 Å². The Morgan fingerprint density at radius 2 is 2.03 bits per heavy atom. The Morgan fingerprint density at radius 3 is 2.84 bits per heavy atom. The van der Waals surface area contributed by atoms with Gasteiger partial charge in [-0.2, -0.15) is 5.26 Å². The summed E-state index contributed by atoms with van der Waals surface area (Å²) in [6.07, 6.45) is 0. The van der Waals surface area contributed by atoms with E-state index in [2.05, 4.69) is 16.0 Å². The fourth-order valence-electron chi connectivity index (χ4n) is 4.18. The predicted octanol–water partition coefficient (Wildman–Crippen LogP) is 3.36. The number of hydrogen-bond acceptors (Lipinski definition) is 4. The molecule has 7 nitrogen and oxygen atoms in total. The van der Waals surface area contributed by atoms with Gasteiger partial charge in [-0.15, -0.1) is 0 Å². The minimum Gasteiger partial charge on any atom is -0.373 e. The highest BCUT2D eigenvalue weighted by atomic mass is 19.1. The molecule has 1 aliphatic heterocycles. The third-order valence-electron chi connectivity index (χ3n) is 5.73. The topological polar surface area (TPSA) is 102 Å². The van der Waals surface area contributed by atoms with Gasteiger partial charge in [0.15, 0.2) is 0 Å². The maximum Gasteiger partial charge on any atom is 0.270 e. The molecule has 2 aromatic carbocycles. The fourth-order valence-corrected chi connectivity index (χ4v) is 4.18. The van der Waals surface area contributed by atoms with E-state index in [-0.39, 0.29) is 24.5 Å². The van der Waals surface area contributed by atoms with Crippen LogP contribution in [-0.4, -0.2) is 34.4 Å². The standard InChI is InChI=1S/C23H17FN4O3/c1-28(23(30)18-7-13-6-12(9-25)2-5-17(13)26-18)20-11-31-10-19-21(20)15-4-3-14(24)8-16(15)22(29)27-19/h2-8,20,26H,10-11H2,1H3,(H,27,29)/t20-/m1/s1. The number of nitriles is 1. The summed E-state index contributed by atoms with van der Waals surface area (Å²) in [6.45, 7) is 0.451. The van der Waals surface area contributed by atoms with E-state index < -0.39 is 17.4 Å². The Balaban J connectivity index is 1.58. The van der Waals surface area contributed by atoms with Crippen LogP contribution in [0.15, 0.2) is 47.3 Å². The molecule has 0 fully saturated rings. The first-order valence-corrected chi connectivity index (χ1v) is 9.68. The zero-order valence-electron chi connectivity index (χ0n) is 16.5. The normalized spacial score (nSPS) is 15.6. The van der Waals surface area contributed by atoms with Gasteiger partial charge in [0.25, 0.3) is 11.5 Å². The molecule has 8 heteroatoms. The SMILES string of the molecule is CN(C(=O)c1cc2cc(C#N)ccc2[nH]1)[C@@H]1COCc2[nH]c(=O)c3cc(F)ccc3c21. The van der Waals surface area contributed by atoms with Crippen molar-refractivity contribution in [3.05, 3.63) is 81.2 Å². The summed E-state index contributed by atoms with van der Waals surface area (Å²) >= 11 is 0. The summed E-state index contributed by atoms with van der Waals surface area (Å²) in [7, 11) is 1.66. The Morgan fingerprint density at radius 1 is 1.19 bits per heavy atom. The number of ether oxygens (including phenoxy) is 1. The van der Waals surface area contributed by atoms with Crippen LogP contribution in [0.1, 0.15) is 33.4 Å². The first-order valence-electron chi connectivity index (χ1n) is 9.68. The van der Waals surface area contributed by atoms with E-state index in [9.17, 15) is 14.0 Å². The lowest BCUT2D eigenvalue weighted by molar-refractivity contribution is 0.0333. The first-order chi connectivity index (χ1) is 15.0. The monoisotopic (exact) mass is 416 g/mol. The van der Waals surface area contributed by atoms with Gasteiger partial charge in [0.1, 0.15) is 11.5 Å². The van der Waals surface area contributed by atoms with Crippen LogP contribution < -0.4 is 5.56 Å². The lowest BCUT2D eigenvalue weighted by Crippen LogP contribution is -2.37. The van der Waals surface area contributed by atoms with Crippen LogP contribution in [0.4, 0.5) is 4.39 Å². The molecule has 0 saturated carbocycles. The molecule has 31 heavy (non-hydrogen) atoms. The van der Waals surface area contributed by atoms with E-state index in [4.69, 9.17) is 10.00 Å². The molecule has 4 aromatic rings. The number of aromatic amines is 2. The van der Waals surface area contributed by atoms with Gasteiger partial charge in [-0.05, 0) is 41.8 Å². The van der Waals surface area contributed by atoms with Crippen molar-refractivity contribution in [2.24, 2.45) is 0 Å². The second-order valence-electron chi connectivity index (χ2n) is 7.58. The van der Waals surface area contributed by atoms with E-state index in [0.717, 1.165) is 16.5 Å².